The second kappa shape index (κ2) is 9.19. The van der Waals surface area contributed by atoms with E-state index < -0.39 is 24.0 Å². The third kappa shape index (κ3) is 5.99. The summed E-state index contributed by atoms with van der Waals surface area (Å²) in [5.74, 6) is -1.23. The van der Waals surface area contributed by atoms with Crippen LogP contribution in [0.3, 0.4) is 0 Å². The van der Waals surface area contributed by atoms with E-state index in [4.69, 9.17) is 9.47 Å². The Bertz CT molecular complexity index is 641. The molecular formula is C16H20N2O6. The highest BCUT2D eigenvalue weighted by Gasteiger charge is 2.18. The number of nitrogens with one attached hydrogen (secondary N) is 2. The standard InChI is InChI=1S/C16H20N2O6/c1-4-17-16(22)18-15(21)10(2)24-14(20)8-6-11-5-7-12(19)13(9-11)23-3/h5-10,19H,4H2,1-3H3,(H2,17,18,21,22). The van der Waals surface area contributed by atoms with E-state index in [9.17, 15) is 19.5 Å². The van der Waals surface area contributed by atoms with Gasteiger partial charge in [0.2, 0.25) is 0 Å². The lowest BCUT2D eigenvalue weighted by atomic mass is 10.2. The van der Waals surface area contributed by atoms with Gasteiger partial charge < -0.3 is 19.9 Å². The molecule has 0 aliphatic rings. The Morgan fingerprint density at radius 3 is 2.67 bits per heavy atom. The number of amides is 3. The van der Waals surface area contributed by atoms with Crippen LogP contribution in [0, 0.1) is 0 Å². The summed E-state index contributed by atoms with van der Waals surface area (Å²) in [7, 11) is 1.41. The van der Waals surface area contributed by atoms with E-state index in [1.54, 1.807) is 13.0 Å². The Morgan fingerprint density at radius 1 is 1.33 bits per heavy atom. The fourth-order valence-electron chi connectivity index (χ4n) is 1.65. The SMILES string of the molecule is CCNC(=O)NC(=O)C(C)OC(=O)C=Cc1ccc(O)c(OC)c1. The van der Waals surface area contributed by atoms with Crippen molar-refractivity contribution in [1.29, 1.82) is 0 Å². The van der Waals surface area contributed by atoms with Crippen LogP contribution in [0.5, 0.6) is 11.5 Å². The molecule has 0 fully saturated rings. The minimum atomic E-state index is -1.13. The van der Waals surface area contributed by atoms with Crippen LogP contribution in [0.25, 0.3) is 6.08 Å². The van der Waals surface area contributed by atoms with Crippen molar-refractivity contribution < 1.29 is 29.0 Å². The second-order valence-electron chi connectivity index (χ2n) is 4.69. The number of esters is 1. The minimum absolute atomic E-state index is 0.0205. The Hall–Kier alpha value is -3.03. The molecule has 0 aliphatic carbocycles. The molecule has 8 heteroatoms. The zero-order chi connectivity index (χ0) is 18.1. The van der Waals surface area contributed by atoms with E-state index in [1.807, 2.05) is 5.32 Å². The first kappa shape index (κ1) is 19.0. The predicted molar refractivity (Wildman–Crippen MR) is 86.5 cm³/mol. The monoisotopic (exact) mass is 336 g/mol. The van der Waals surface area contributed by atoms with Gasteiger partial charge in [-0.3, -0.25) is 10.1 Å². The number of rotatable bonds is 6. The van der Waals surface area contributed by atoms with Crippen molar-refractivity contribution in [1.82, 2.24) is 10.6 Å². The molecule has 0 spiro atoms. The van der Waals surface area contributed by atoms with Gasteiger partial charge >= 0.3 is 12.0 Å². The molecule has 1 aromatic carbocycles. The first-order valence-corrected chi connectivity index (χ1v) is 7.21. The van der Waals surface area contributed by atoms with E-state index in [0.717, 1.165) is 6.08 Å². The van der Waals surface area contributed by atoms with Gasteiger partial charge in [-0.05, 0) is 37.6 Å². The number of phenols is 1. The van der Waals surface area contributed by atoms with Crippen LogP contribution >= 0.6 is 0 Å². The molecule has 1 atom stereocenters. The van der Waals surface area contributed by atoms with Crippen molar-refractivity contribution >= 4 is 24.0 Å². The third-order valence-corrected chi connectivity index (χ3v) is 2.85. The lowest BCUT2D eigenvalue weighted by molar-refractivity contribution is -0.149. The summed E-state index contributed by atoms with van der Waals surface area (Å²) in [6, 6.07) is 3.88. The van der Waals surface area contributed by atoms with Gasteiger partial charge in [-0.25, -0.2) is 9.59 Å². The summed E-state index contributed by atoms with van der Waals surface area (Å²) in [5, 5.41) is 13.9. The predicted octanol–water partition coefficient (Wildman–Crippen LogP) is 1.19. The number of carbonyl (C=O) groups is 3. The van der Waals surface area contributed by atoms with Gasteiger partial charge in [-0.15, -0.1) is 0 Å². The van der Waals surface area contributed by atoms with Crippen molar-refractivity contribution in [2.45, 2.75) is 20.0 Å². The molecule has 0 aromatic heterocycles. The molecule has 0 saturated heterocycles. The number of methoxy groups -OCH3 is 1. The van der Waals surface area contributed by atoms with Crippen molar-refractivity contribution in [3.05, 3.63) is 29.8 Å². The maximum absolute atomic E-state index is 11.7. The van der Waals surface area contributed by atoms with Gasteiger partial charge in [0.1, 0.15) is 0 Å². The van der Waals surface area contributed by atoms with Gasteiger partial charge in [0.05, 0.1) is 7.11 Å². The molecular weight excluding hydrogens is 316 g/mol. The topological polar surface area (TPSA) is 114 Å². The molecule has 130 valence electrons. The van der Waals surface area contributed by atoms with Crippen LogP contribution in [-0.4, -0.2) is 42.8 Å². The van der Waals surface area contributed by atoms with Gasteiger partial charge in [0.15, 0.2) is 17.6 Å². The van der Waals surface area contributed by atoms with E-state index >= 15 is 0 Å². The lowest BCUT2D eigenvalue weighted by Gasteiger charge is -2.11. The highest BCUT2D eigenvalue weighted by atomic mass is 16.5. The van der Waals surface area contributed by atoms with Gasteiger partial charge in [0, 0.05) is 12.6 Å². The minimum Gasteiger partial charge on any atom is -0.504 e. The number of benzene rings is 1. The molecule has 3 amide bonds. The third-order valence-electron chi connectivity index (χ3n) is 2.85. The number of ether oxygens (including phenoxy) is 2. The highest BCUT2D eigenvalue weighted by Crippen LogP contribution is 2.26. The van der Waals surface area contributed by atoms with Crippen LogP contribution in [0.15, 0.2) is 24.3 Å². The first-order chi connectivity index (χ1) is 11.4. The number of phenolic OH excluding ortho intramolecular Hbond substituents is 1. The Labute approximate surface area is 139 Å². The number of carbonyl (C=O) groups excluding carboxylic acids is 3. The zero-order valence-corrected chi connectivity index (χ0v) is 13.7. The molecule has 0 heterocycles. The van der Waals surface area contributed by atoms with Gasteiger partial charge in [-0.2, -0.15) is 0 Å². The van der Waals surface area contributed by atoms with Crippen LogP contribution in [0.4, 0.5) is 4.79 Å². The number of aromatic hydroxyl groups is 1. The molecule has 1 unspecified atom stereocenters. The Kier molecular flexibility index (Phi) is 7.28. The molecule has 0 saturated carbocycles. The van der Waals surface area contributed by atoms with Crippen LogP contribution < -0.4 is 15.4 Å². The van der Waals surface area contributed by atoms with E-state index in [-0.39, 0.29) is 11.5 Å². The van der Waals surface area contributed by atoms with E-state index in [1.165, 1.54) is 32.2 Å². The second-order valence-corrected chi connectivity index (χ2v) is 4.69. The molecule has 0 bridgehead atoms. The summed E-state index contributed by atoms with van der Waals surface area (Å²) in [4.78, 5) is 34.5. The van der Waals surface area contributed by atoms with Gasteiger partial charge in [0.25, 0.3) is 5.91 Å². The van der Waals surface area contributed by atoms with E-state index in [2.05, 4.69) is 5.32 Å². The zero-order valence-electron chi connectivity index (χ0n) is 13.7. The molecule has 0 aliphatic heterocycles. The summed E-state index contributed by atoms with van der Waals surface area (Å²) < 4.78 is 9.85. The number of imide groups is 1. The first-order valence-electron chi connectivity index (χ1n) is 7.21. The molecule has 24 heavy (non-hydrogen) atoms. The average molecular weight is 336 g/mol. The summed E-state index contributed by atoms with van der Waals surface area (Å²) in [5.41, 5.74) is 0.598. The van der Waals surface area contributed by atoms with Gasteiger partial charge in [-0.1, -0.05) is 6.07 Å². The number of hydrogen-bond acceptors (Lipinski definition) is 6. The number of urea groups is 1. The fraction of sp³-hybridized carbons (Fsp3) is 0.312. The van der Waals surface area contributed by atoms with Crippen molar-refractivity contribution in [3.63, 3.8) is 0 Å². The number of hydrogen-bond donors (Lipinski definition) is 3. The van der Waals surface area contributed by atoms with Crippen LogP contribution in [0.2, 0.25) is 0 Å². The quantitative estimate of drug-likeness (QED) is 0.531. The maximum Gasteiger partial charge on any atom is 0.331 e. The van der Waals surface area contributed by atoms with Crippen molar-refractivity contribution in [2.24, 2.45) is 0 Å². The van der Waals surface area contributed by atoms with Crippen LogP contribution in [-0.2, 0) is 14.3 Å². The maximum atomic E-state index is 11.7. The summed E-state index contributed by atoms with van der Waals surface area (Å²) in [6.45, 7) is 3.42. The Balaban J connectivity index is 2.58. The Morgan fingerprint density at radius 2 is 2.04 bits per heavy atom. The lowest BCUT2D eigenvalue weighted by Crippen LogP contribution is -2.44. The molecule has 8 nitrogen and oxygen atoms in total. The summed E-state index contributed by atoms with van der Waals surface area (Å²) in [6.07, 6.45) is 1.44. The largest absolute Gasteiger partial charge is 0.504 e. The van der Waals surface area contributed by atoms with E-state index in [0.29, 0.717) is 12.1 Å². The summed E-state index contributed by atoms with van der Waals surface area (Å²) >= 11 is 0. The molecule has 0 radical (unpaired) electrons. The van der Waals surface area contributed by atoms with Crippen molar-refractivity contribution in [3.8, 4) is 11.5 Å². The molecule has 3 N–H and O–H groups in total. The molecule has 1 rings (SSSR count). The van der Waals surface area contributed by atoms with Crippen molar-refractivity contribution in [2.75, 3.05) is 13.7 Å². The average Bonchev–Trinajstić information content (AvgIpc) is 2.54. The highest BCUT2D eigenvalue weighted by molar-refractivity contribution is 5.98. The normalized spacial score (nSPS) is 11.6. The smallest absolute Gasteiger partial charge is 0.331 e. The fourth-order valence-corrected chi connectivity index (χ4v) is 1.65. The van der Waals surface area contributed by atoms with Crippen LogP contribution in [0.1, 0.15) is 19.4 Å². The molecule has 1 aromatic rings.